The molecule has 4 rings (SSSR count). The van der Waals surface area contributed by atoms with E-state index < -0.39 is 0 Å². The zero-order valence-corrected chi connectivity index (χ0v) is 18.0. The van der Waals surface area contributed by atoms with Gasteiger partial charge < -0.3 is 10.2 Å². The number of anilines is 2. The largest absolute Gasteiger partial charge is 0.347 e. The van der Waals surface area contributed by atoms with Gasteiger partial charge in [0.2, 0.25) is 5.91 Å². The first-order valence-corrected chi connectivity index (χ1v) is 10.3. The molecule has 6 nitrogen and oxygen atoms in total. The molecule has 156 valence electrons. The molecule has 6 heteroatoms. The highest BCUT2D eigenvalue weighted by Crippen LogP contribution is 2.27. The lowest BCUT2D eigenvalue weighted by Gasteiger charge is -2.24. The molecule has 0 aliphatic heterocycles. The second-order valence-electron chi connectivity index (χ2n) is 7.46. The number of rotatable bonds is 6. The van der Waals surface area contributed by atoms with E-state index in [1.807, 2.05) is 80.3 Å². The van der Waals surface area contributed by atoms with Crippen LogP contribution in [0.3, 0.4) is 0 Å². The number of amides is 1. The van der Waals surface area contributed by atoms with Gasteiger partial charge in [0.05, 0.1) is 12.1 Å². The van der Waals surface area contributed by atoms with Gasteiger partial charge in [0.25, 0.3) is 0 Å². The second-order valence-corrected chi connectivity index (χ2v) is 7.46. The molecule has 0 bridgehead atoms. The molecule has 31 heavy (non-hydrogen) atoms. The Balaban J connectivity index is 1.69. The van der Waals surface area contributed by atoms with Crippen LogP contribution in [-0.2, 0) is 4.79 Å². The molecule has 1 N–H and O–H groups in total. The molecule has 0 saturated carbocycles. The molecule has 0 atom stereocenters. The van der Waals surface area contributed by atoms with Crippen LogP contribution in [0.15, 0.2) is 67.0 Å². The van der Waals surface area contributed by atoms with Gasteiger partial charge in [0, 0.05) is 35.6 Å². The van der Waals surface area contributed by atoms with Crippen molar-refractivity contribution in [2.45, 2.75) is 20.8 Å². The minimum atomic E-state index is -0.0788. The van der Waals surface area contributed by atoms with Crippen LogP contribution in [0, 0.1) is 13.8 Å². The molecule has 0 fully saturated rings. The molecule has 0 radical (unpaired) electrons. The van der Waals surface area contributed by atoms with E-state index in [1.54, 1.807) is 12.4 Å². The van der Waals surface area contributed by atoms with Gasteiger partial charge in [-0.3, -0.25) is 9.78 Å². The predicted octanol–water partition coefficient (Wildman–Crippen LogP) is 4.77. The number of carbonyl (C=O) groups is 1. The summed E-state index contributed by atoms with van der Waals surface area (Å²) in [6.45, 7) is 6.84. The number of benzene rings is 2. The number of pyridine rings is 1. The number of fused-ring (bicyclic) bond motifs is 1. The fraction of sp³-hybridized carbons (Fsp3) is 0.200. The SMILES string of the molecule is CCN(CC(=O)Nc1c(C)cccc1C)c1nc(-c2cccnc2)nc2ccccc12. The highest BCUT2D eigenvalue weighted by molar-refractivity contribution is 5.97. The summed E-state index contributed by atoms with van der Waals surface area (Å²) in [4.78, 5) is 28.7. The number of para-hydroxylation sites is 2. The van der Waals surface area contributed by atoms with Crippen molar-refractivity contribution < 1.29 is 4.79 Å². The monoisotopic (exact) mass is 411 g/mol. The highest BCUT2D eigenvalue weighted by Gasteiger charge is 2.18. The Labute approximate surface area is 182 Å². The summed E-state index contributed by atoms with van der Waals surface area (Å²) in [7, 11) is 0. The van der Waals surface area contributed by atoms with Crippen LogP contribution in [-0.4, -0.2) is 33.9 Å². The Morgan fingerprint density at radius 1 is 0.968 bits per heavy atom. The van der Waals surface area contributed by atoms with Crippen LogP contribution in [0.25, 0.3) is 22.3 Å². The lowest BCUT2D eigenvalue weighted by atomic mass is 10.1. The lowest BCUT2D eigenvalue weighted by molar-refractivity contribution is -0.115. The van der Waals surface area contributed by atoms with E-state index in [9.17, 15) is 4.79 Å². The van der Waals surface area contributed by atoms with Crippen LogP contribution in [0.1, 0.15) is 18.1 Å². The van der Waals surface area contributed by atoms with Crippen molar-refractivity contribution in [3.8, 4) is 11.4 Å². The smallest absolute Gasteiger partial charge is 0.243 e. The maximum absolute atomic E-state index is 12.9. The molecule has 2 aromatic heterocycles. The molecule has 0 spiro atoms. The lowest BCUT2D eigenvalue weighted by Crippen LogP contribution is -2.34. The number of carbonyl (C=O) groups excluding carboxylic acids is 1. The molecule has 0 saturated heterocycles. The van der Waals surface area contributed by atoms with Crippen LogP contribution in [0.5, 0.6) is 0 Å². The Morgan fingerprint density at radius 3 is 2.45 bits per heavy atom. The van der Waals surface area contributed by atoms with Crippen molar-refractivity contribution in [3.05, 3.63) is 78.1 Å². The number of hydrogen-bond donors (Lipinski definition) is 1. The summed E-state index contributed by atoms with van der Waals surface area (Å²) < 4.78 is 0. The molecular formula is C25H25N5O. The summed E-state index contributed by atoms with van der Waals surface area (Å²) in [6, 6.07) is 17.7. The number of hydrogen-bond acceptors (Lipinski definition) is 5. The summed E-state index contributed by atoms with van der Waals surface area (Å²) in [6.07, 6.45) is 3.47. The fourth-order valence-electron chi connectivity index (χ4n) is 3.63. The van der Waals surface area contributed by atoms with Gasteiger partial charge in [-0.2, -0.15) is 0 Å². The van der Waals surface area contributed by atoms with E-state index in [0.717, 1.165) is 39.1 Å². The standard InChI is InChI=1S/C25H25N5O/c1-4-30(16-22(31)28-23-17(2)9-7-10-18(23)3)25-20-12-5-6-13-21(20)27-24(29-25)19-11-8-14-26-15-19/h5-15H,4,16H2,1-3H3,(H,28,31). The van der Waals surface area contributed by atoms with Gasteiger partial charge in [0.15, 0.2) is 5.82 Å². The van der Waals surface area contributed by atoms with Crippen LogP contribution in [0.4, 0.5) is 11.5 Å². The van der Waals surface area contributed by atoms with Crippen molar-refractivity contribution in [2.75, 3.05) is 23.3 Å². The van der Waals surface area contributed by atoms with E-state index >= 15 is 0 Å². The summed E-state index contributed by atoms with van der Waals surface area (Å²) in [5, 5.41) is 3.99. The average Bonchev–Trinajstić information content (AvgIpc) is 2.80. The highest BCUT2D eigenvalue weighted by atomic mass is 16.2. The zero-order chi connectivity index (χ0) is 21.8. The predicted molar refractivity (Wildman–Crippen MR) is 125 cm³/mol. The summed E-state index contributed by atoms with van der Waals surface area (Å²) >= 11 is 0. The van der Waals surface area contributed by atoms with Gasteiger partial charge in [-0.25, -0.2) is 9.97 Å². The van der Waals surface area contributed by atoms with Crippen molar-refractivity contribution in [1.82, 2.24) is 15.0 Å². The van der Waals surface area contributed by atoms with Crippen molar-refractivity contribution in [3.63, 3.8) is 0 Å². The molecule has 1 amide bonds. The number of likely N-dealkylation sites (N-methyl/N-ethyl adjacent to an activating group) is 1. The zero-order valence-electron chi connectivity index (χ0n) is 18.0. The maximum Gasteiger partial charge on any atom is 0.243 e. The van der Waals surface area contributed by atoms with Crippen molar-refractivity contribution >= 4 is 28.3 Å². The Kier molecular flexibility index (Phi) is 5.89. The molecule has 0 aliphatic rings. The van der Waals surface area contributed by atoms with Crippen LogP contribution < -0.4 is 10.2 Å². The maximum atomic E-state index is 12.9. The fourth-order valence-corrected chi connectivity index (χ4v) is 3.63. The first kappa shape index (κ1) is 20.5. The number of nitrogens with zero attached hydrogens (tertiary/aromatic N) is 4. The summed E-state index contributed by atoms with van der Waals surface area (Å²) in [5.41, 5.74) is 4.63. The van der Waals surface area contributed by atoms with Crippen LogP contribution >= 0.6 is 0 Å². The Hall–Kier alpha value is -3.80. The summed E-state index contributed by atoms with van der Waals surface area (Å²) in [5.74, 6) is 1.25. The quantitative estimate of drug-likeness (QED) is 0.495. The molecule has 0 aliphatic carbocycles. The molecule has 2 aromatic carbocycles. The minimum absolute atomic E-state index is 0.0788. The topological polar surface area (TPSA) is 71.0 Å². The van der Waals surface area contributed by atoms with Gasteiger partial charge in [0.1, 0.15) is 5.82 Å². The molecule has 2 heterocycles. The third-order valence-corrected chi connectivity index (χ3v) is 5.26. The first-order valence-electron chi connectivity index (χ1n) is 10.3. The molecule has 4 aromatic rings. The molecular weight excluding hydrogens is 386 g/mol. The van der Waals surface area contributed by atoms with Gasteiger partial charge in [-0.05, 0) is 56.2 Å². The number of aryl methyl sites for hydroxylation is 2. The van der Waals surface area contributed by atoms with Crippen molar-refractivity contribution in [2.24, 2.45) is 0 Å². The third-order valence-electron chi connectivity index (χ3n) is 5.26. The molecule has 0 unspecified atom stereocenters. The normalized spacial score (nSPS) is 10.8. The van der Waals surface area contributed by atoms with Gasteiger partial charge >= 0.3 is 0 Å². The van der Waals surface area contributed by atoms with E-state index in [2.05, 4.69) is 10.3 Å². The van der Waals surface area contributed by atoms with Gasteiger partial charge in [-0.15, -0.1) is 0 Å². The Bertz CT molecular complexity index is 1200. The second kappa shape index (κ2) is 8.92. The third kappa shape index (κ3) is 4.38. The number of nitrogens with one attached hydrogen (secondary N) is 1. The van der Waals surface area contributed by atoms with E-state index in [0.29, 0.717) is 12.4 Å². The van der Waals surface area contributed by atoms with Crippen molar-refractivity contribution in [1.29, 1.82) is 0 Å². The van der Waals surface area contributed by atoms with E-state index in [-0.39, 0.29) is 12.5 Å². The first-order chi connectivity index (χ1) is 15.1. The number of aromatic nitrogens is 3. The minimum Gasteiger partial charge on any atom is -0.347 e. The van der Waals surface area contributed by atoms with Crippen LogP contribution in [0.2, 0.25) is 0 Å². The average molecular weight is 412 g/mol. The Morgan fingerprint density at radius 2 is 1.74 bits per heavy atom. The van der Waals surface area contributed by atoms with E-state index in [4.69, 9.17) is 9.97 Å². The van der Waals surface area contributed by atoms with E-state index in [1.165, 1.54) is 0 Å². The van der Waals surface area contributed by atoms with Gasteiger partial charge in [-0.1, -0.05) is 30.3 Å².